The van der Waals surface area contributed by atoms with Crippen molar-refractivity contribution < 1.29 is 17.9 Å². The molecule has 0 fully saturated rings. The first-order valence-corrected chi connectivity index (χ1v) is 11.2. The Morgan fingerprint density at radius 3 is 2.64 bits per heavy atom. The van der Waals surface area contributed by atoms with Crippen LogP contribution in [0.1, 0.15) is 18.9 Å². The average molecular weight is 439 g/mol. The number of carbonyl (C=O) groups excluding carboxylic acids is 1. The number of sulfonamides is 1. The highest BCUT2D eigenvalue weighted by molar-refractivity contribution is 7.89. The second-order valence-electron chi connectivity index (χ2n) is 6.48. The zero-order valence-corrected chi connectivity index (χ0v) is 17.6. The fourth-order valence-corrected chi connectivity index (χ4v) is 5.04. The molecule has 0 saturated heterocycles. The highest BCUT2D eigenvalue weighted by Crippen LogP contribution is 2.22. The summed E-state index contributed by atoms with van der Waals surface area (Å²) in [5.74, 6) is -0.961. The Kier molecular flexibility index (Phi) is 6.34. The SMILES string of the molecule is CC(C)[C@H](NS(=O)(=O)c1cccc(Cl)c1)C(=O)OCc1nc2ccccc2s1. The maximum absolute atomic E-state index is 12.6. The monoisotopic (exact) mass is 438 g/mol. The summed E-state index contributed by atoms with van der Waals surface area (Å²) in [6.07, 6.45) is 0. The van der Waals surface area contributed by atoms with Crippen LogP contribution in [-0.2, 0) is 26.2 Å². The average Bonchev–Trinajstić information content (AvgIpc) is 3.07. The van der Waals surface area contributed by atoms with Gasteiger partial charge in [0.1, 0.15) is 17.7 Å². The Morgan fingerprint density at radius 1 is 1.21 bits per heavy atom. The number of carbonyl (C=O) groups is 1. The van der Waals surface area contributed by atoms with Crippen molar-refractivity contribution in [3.05, 3.63) is 58.6 Å². The first kappa shape index (κ1) is 20.7. The van der Waals surface area contributed by atoms with E-state index >= 15 is 0 Å². The summed E-state index contributed by atoms with van der Waals surface area (Å²) in [7, 11) is -3.92. The van der Waals surface area contributed by atoms with E-state index in [-0.39, 0.29) is 17.4 Å². The van der Waals surface area contributed by atoms with Crippen LogP contribution in [0.25, 0.3) is 10.2 Å². The molecule has 2 aromatic carbocycles. The van der Waals surface area contributed by atoms with E-state index in [0.29, 0.717) is 10.0 Å². The van der Waals surface area contributed by atoms with Gasteiger partial charge in [0.05, 0.1) is 15.1 Å². The van der Waals surface area contributed by atoms with E-state index in [1.54, 1.807) is 19.9 Å². The van der Waals surface area contributed by atoms with Crippen LogP contribution < -0.4 is 4.72 Å². The standard InChI is InChI=1S/C19H19ClN2O4S2/c1-12(2)18(22-28(24,25)14-7-5-6-13(20)10-14)19(23)26-11-17-21-15-8-3-4-9-16(15)27-17/h3-10,12,18,22H,11H2,1-2H3/t18-/m0/s1. The van der Waals surface area contributed by atoms with Crippen molar-refractivity contribution in [1.82, 2.24) is 9.71 Å². The van der Waals surface area contributed by atoms with Gasteiger partial charge >= 0.3 is 5.97 Å². The number of ether oxygens (including phenoxy) is 1. The van der Waals surface area contributed by atoms with Crippen LogP contribution >= 0.6 is 22.9 Å². The van der Waals surface area contributed by atoms with Gasteiger partial charge in [-0.2, -0.15) is 4.72 Å². The van der Waals surface area contributed by atoms with Crippen molar-refractivity contribution in [3.63, 3.8) is 0 Å². The number of hydrogen-bond acceptors (Lipinski definition) is 6. The van der Waals surface area contributed by atoms with Gasteiger partial charge in [-0.15, -0.1) is 11.3 Å². The molecule has 1 heterocycles. The highest BCUT2D eigenvalue weighted by Gasteiger charge is 2.30. The molecule has 28 heavy (non-hydrogen) atoms. The molecule has 1 N–H and O–H groups in total. The lowest BCUT2D eigenvalue weighted by Gasteiger charge is -2.20. The Hall–Kier alpha value is -2.00. The van der Waals surface area contributed by atoms with E-state index in [2.05, 4.69) is 9.71 Å². The maximum Gasteiger partial charge on any atom is 0.324 e. The molecule has 0 aliphatic heterocycles. The molecule has 148 valence electrons. The molecule has 3 rings (SSSR count). The van der Waals surface area contributed by atoms with Crippen LogP contribution in [0.5, 0.6) is 0 Å². The molecule has 0 saturated carbocycles. The smallest absolute Gasteiger partial charge is 0.324 e. The van der Waals surface area contributed by atoms with Crippen molar-refractivity contribution in [2.75, 3.05) is 0 Å². The van der Waals surface area contributed by atoms with Crippen molar-refractivity contribution in [2.45, 2.75) is 31.4 Å². The fraction of sp³-hybridized carbons (Fsp3) is 0.263. The molecule has 0 bridgehead atoms. The van der Waals surface area contributed by atoms with Gasteiger partial charge in [0.15, 0.2) is 0 Å². The van der Waals surface area contributed by atoms with Crippen molar-refractivity contribution in [1.29, 1.82) is 0 Å². The normalized spacial score (nSPS) is 13.0. The number of esters is 1. The summed E-state index contributed by atoms with van der Waals surface area (Å²) >= 11 is 7.30. The van der Waals surface area contributed by atoms with E-state index in [4.69, 9.17) is 16.3 Å². The number of aromatic nitrogens is 1. The predicted molar refractivity (Wildman–Crippen MR) is 110 cm³/mol. The van der Waals surface area contributed by atoms with Crippen molar-refractivity contribution in [3.8, 4) is 0 Å². The number of rotatable bonds is 7. The van der Waals surface area contributed by atoms with Gasteiger partial charge in [-0.1, -0.05) is 43.6 Å². The first-order chi connectivity index (χ1) is 13.3. The number of para-hydroxylation sites is 1. The summed E-state index contributed by atoms with van der Waals surface area (Å²) < 4.78 is 34.0. The van der Waals surface area contributed by atoms with Gasteiger partial charge in [-0.05, 0) is 36.2 Å². The third-order valence-corrected chi connectivity index (χ3v) is 6.67. The van der Waals surface area contributed by atoms with Gasteiger partial charge in [-0.25, -0.2) is 13.4 Å². The van der Waals surface area contributed by atoms with Gasteiger partial charge in [0.2, 0.25) is 10.0 Å². The predicted octanol–water partition coefficient (Wildman–Crippen LogP) is 4.00. The Morgan fingerprint density at radius 2 is 1.96 bits per heavy atom. The number of nitrogens with one attached hydrogen (secondary N) is 1. The molecule has 1 aromatic heterocycles. The zero-order chi connectivity index (χ0) is 20.3. The Bertz CT molecular complexity index is 1060. The van der Waals surface area contributed by atoms with Crippen LogP contribution in [-0.4, -0.2) is 25.4 Å². The second kappa shape index (κ2) is 8.57. The number of thiazole rings is 1. The Labute approximate surface area is 172 Å². The molecule has 1 atom stereocenters. The zero-order valence-electron chi connectivity index (χ0n) is 15.3. The summed E-state index contributed by atoms with van der Waals surface area (Å²) in [6, 6.07) is 12.4. The van der Waals surface area contributed by atoms with E-state index < -0.39 is 22.0 Å². The van der Waals surface area contributed by atoms with Crippen LogP contribution in [0.15, 0.2) is 53.4 Å². The minimum Gasteiger partial charge on any atom is -0.457 e. The largest absolute Gasteiger partial charge is 0.457 e. The summed E-state index contributed by atoms with van der Waals surface area (Å²) in [5, 5.41) is 0.942. The van der Waals surface area contributed by atoms with E-state index in [1.807, 2.05) is 24.3 Å². The van der Waals surface area contributed by atoms with Gasteiger partial charge in [0.25, 0.3) is 0 Å². The van der Waals surface area contributed by atoms with Gasteiger partial charge in [-0.3, -0.25) is 4.79 Å². The molecule has 0 unspecified atom stereocenters. The topological polar surface area (TPSA) is 85.4 Å². The van der Waals surface area contributed by atoms with Crippen LogP contribution in [0.4, 0.5) is 0 Å². The van der Waals surface area contributed by atoms with E-state index in [9.17, 15) is 13.2 Å². The number of fused-ring (bicyclic) bond motifs is 1. The van der Waals surface area contributed by atoms with Crippen LogP contribution in [0.3, 0.4) is 0 Å². The molecule has 9 heteroatoms. The fourth-order valence-electron chi connectivity index (χ4n) is 2.53. The lowest BCUT2D eigenvalue weighted by atomic mass is 10.1. The third-order valence-electron chi connectivity index (χ3n) is 3.99. The Balaban J connectivity index is 1.71. The van der Waals surface area contributed by atoms with E-state index in [0.717, 1.165) is 10.2 Å². The number of nitrogens with zero attached hydrogens (tertiary/aromatic N) is 1. The number of hydrogen-bond donors (Lipinski definition) is 1. The summed E-state index contributed by atoms with van der Waals surface area (Å²) in [5.41, 5.74) is 0.834. The quantitative estimate of drug-likeness (QED) is 0.563. The molecule has 0 aliphatic rings. The highest BCUT2D eigenvalue weighted by atomic mass is 35.5. The molecule has 6 nitrogen and oxygen atoms in total. The minimum absolute atomic E-state index is 0.00961. The molecule has 0 spiro atoms. The maximum atomic E-state index is 12.6. The summed E-state index contributed by atoms with van der Waals surface area (Å²) in [4.78, 5) is 16.9. The third kappa shape index (κ3) is 4.88. The molecule has 0 radical (unpaired) electrons. The van der Waals surface area contributed by atoms with Gasteiger partial charge < -0.3 is 4.74 Å². The lowest BCUT2D eigenvalue weighted by Crippen LogP contribution is -2.45. The summed E-state index contributed by atoms with van der Waals surface area (Å²) in [6.45, 7) is 3.47. The molecule has 0 amide bonds. The van der Waals surface area contributed by atoms with Crippen LogP contribution in [0, 0.1) is 5.92 Å². The van der Waals surface area contributed by atoms with Crippen molar-refractivity contribution >= 4 is 49.1 Å². The number of halogens is 1. The molecule has 3 aromatic rings. The second-order valence-corrected chi connectivity index (χ2v) is 9.75. The van der Waals surface area contributed by atoms with E-state index in [1.165, 1.54) is 29.5 Å². The number of benzene rings is 2. The molecular weight excluding hydrogens is 420 g/mol. The first-order valence-electron chi connectivity index (χ1n) is 8.55. The van der Waals surface area contributed by atoms with Gasteiger partial charge in [0, 0.05) is 5.02 Å². The van der Waals surface area contributed by atoms with Crippen molar-refractivity contribution in [2.24, 2.45) is 5.92 Å². The lowest BCUT2D eigenvalue weighted by molar-refractivity contribution is -0.148. The molecular formula is C19H19ClN2O4S2. The minimum atomic E-state index is -3.92. The van der Waals surface area contributed by atoms with Crippen LogP contribution in [0.2, 0.25) is 5.02 Å². The molecule has 0 aliphatic carbocycles.